The molecule has 4 heteroatoms. The molecule has 0 amide bonds. The minimum atomic E-state index is 0. The van der Waals surface area contributed by atoms with Gasteiger partial charge in [0.2, 0.25) is 0 Å². The predicted molar refractivity (Wildman–Crippen MR) is 197 cm³/mol. The zero-order chi connectivity index (χ0) is 28.2. The Bertz CT molecular complexity index is 1310. The number of rotatable bonds is 8. The quantitative estimate of drug-likeness (QED) is 0.126. The Morgan fingerprint density at radius 3 is 1.25 bits per heavy atom. The molecule has 2 radical (unpaired) electrons. The van der Waals surface area contributed by atoms with Crippen LogP contribution in [0.15, 0.2) is 97.1 Å². The van der Waals surface area contributed by atoms with E-state index in [4.69, 9.17) is 0 Å². The standard InChI is InChI=1S/2C19H19.2CH3.2ClH.Si.Zr/c2*1-2-3-7-16-10-11-17-12-13-18(14-19(16)17)15-8-5-4-6-9-15;;;;;;/h2*4-6,8-9,11-14,16H,2-3,7H2,1H3;2*1H3;2*1H;;/q4*-1;;;;. The SMILES string of the molecule is CCCCC1[C-]=Cc2ccc(-c3ccccc3)cc21.CCCCC1[C-]=Cc2ccc(-c3ccccc3)cc21.Cl.Cl.[CH3-].[CH3-].[Si]=[Zr]. The van der Waals surface area contributed by atoms with Crippen LogP contribution in [0.25, 0.3) is 34.4 Å². The van der Waals surface area contributed by atoms with E-state index >= 15 is 0 Å². The summed E-state index contributed by atoms with van der Waals surface area (Å²) in [7, 11) is 0. The second-order valence-electron chi connectivity index (χ2n) is 10.4. The van der Waals surface area contributed by atoms with Crippen molar-refractivity contribution in [1.29, 1.82) is 0 Å². The zero-order valence-electron chi connectivity index (χ0n) is 26.6. The van der Waals surface area contributed by atoms with Crippen molar-refractivity contribution in [1.82, 2.24) is 0 Å². The molecule has 2 aliphatic carbocycles. The molecule has 0 saturated carbocycles. The second-order valence-corrected chi connectivity index (χ2v) is 10.4. The number of unbranched alkanes of at least 4 members (excludes halogenated alkanes) is 2. The molecule has 0 aromatic heterocycles. The van der Waals surface area contributed by atoms with E-state index in [-0.39, 0.29) is 39.7 Å². The third kappa shape index (κ3) is 11.1. The van der Waals surface area contributed by atoms with Gasteiger partial charge in [-0.3, -0.25) is 12.2 Å². The Kier molecular flexibility index (Phi) is 21.5. The van der Waals surface area contributed by atoms with Crippen LogP contribution in [0.4, 0.5) is 0 Å². The third-order valence-electron chi connectivity index (χ3n) is 7.71. The fourth-order valence-corrected chi connectivity index (χ4v) is 5.49. The van der Waals surface area contributed by atoms with Gasteiger partial charge in [0, 0.05) is 0 Å². The average Bonchev–Trinajstić information content (AvgIpc) is 3.64. The van der Waals surface area contributed by atoms with Crippen molar-refractivity contribution >= 4 is 43.8 Å². The van der Waals surface area contributed by atoms with Gasteiger partial charge in [-0.25, -0.2) is 12.2 Å². The van der Waals surface area contributed by atoms with Crippen LogP contribution in [-0.2, 0) is 23.3 Å². The van der Waals surface area contributed by atoms with Gasteiger partial charge < -0.3 is 14.9 Å². The molecule has 2 unspecified atom stereocenters. The second kappa shape index (κ2) is 22.5. The van der Waals surface area contributed by atoms with Crippen LogP contribution < -0.4 is 0 Å². The van der Waals surface area contributed by atoms with Crippen LogP contribution in [0.5, 0.6) is 0 Å². The van der Waals surface area contributed by atoms with Crippen LogP contribution >= 0.6 is 24.8 Å². The number of hydrogen-bond donors (Lipinski definition) is 0. The molecule has 0 nitrogen and oxygen atoms in total. The fourth-order valence-electron chi connectivity index (χ4n) is 5.49. The number of halogens is 2. The van der Waals surface area contributed by atoms with Gasteiger partial charge in [-0.2, -0.15) is 11.1 Å². The van der Waals surface area contributed by atoms with Crippen molar-refractivity contribution < 1.29 is 23.3 Å². The Labute approximate surface area is 297 Å². The van der Waals surface area contributed by atoms with Crippen LogP contribution in [0.2, 0.25) is 0 Å². The summed E-state index contributed by atoms with van der Waals surface area (Å²) < 4.78 is 0. The molecule has 0 fully saturated rings. The molecule has 44 heavy (non-hydrogen) atoms. The molecular weight excluding hydrogens is 671 g/mol. The first-order valence-corrected chi connectivity index (χ1v) is 18.8. The van der Waals surface area contributed by atoms with Crippen molar-refractivity contribution in [3.05, 3.63) is 146 Å². The summed E-state index contributed by atoms with van der Waals surface area (Å²) in [5.74, 6) is 0.997. The van der Waals surface area contributed by atoms with Crippen molar-refractivity contribution in [3.8, 4) is 22.3 Å². The molecule has 0 saturated heterocycles. The molecule has 4 aromatic rings. The number of allylic oxidation sites excluding steroid dienone is 2. The average molecular weight is 717 g/mol. The molecule has 0 aliphatic heterocycles. The molecule has 2 aliphatic rings. The van der Waals surface area contributed by atoms with E-state index in [1.807, 2.05) is 0 Å². The van der Waals surface area contributed by atoms with Crippen LogP contribution in [0, 0.1) is 27.0 Å². The summed E-state index contributed by atoms with van der Waals surface area (Å²) in [6.07, 6.45) is 18.8. The molecule has 0 bridgehead atoms. The van der Waals surface area contributed by atoms with Crippen molar-refractivity contribution in [2.45, 2.75) is 64.2 Å². The van der Waals surface area contributed by atoms with Gasteiger partial charge in [0.05, 0.1) is 0 Å². The van der Waals surface area contributed by atoms with Gasteiger partial charge in [-0.05, 0) is 22.3 Å². The molecule has 0 N–H and O–H groups in total. The van der Waals surface area contributed by atoms with Crippen molar-refractivity contribution in [2.75, 3.05) is 0 Å². The number of fused-ring (bicyclic) bond motifs is 2. The molecule has 6 rings (SSSR count). The molecule has 4 aromatic carbocycles. The van der Waals surface area contributed by atoms with Gasteiger partial charge in [-0.15, -0.1) is 48.1 Å². The first-order valence-electron chi connectivity index (χ1n) is 14.6. The maximum atomic E-state index is 3.51. The van der Waals surface area contributed by atoms with Crippen LogP contribution in [0.3, 0.4) is 0 Å². The Hall–Kier alpha value is -1.96. The van der Waals surface area contributed by atoms with E-state index in [0.29, 0.717) is 11.8 Å². The molecule has 0 heterocycles. The minimum absolute atomic E-state index is 0. The van der Waals surface area contributed by atoms with E-state index in [0.717, 1.165) is 0 Å². The molecule has 2 atom stereocenters. The maximum absolute atomic E-state index is 3.51. The number of hydrogen-bond acceptors (Lipinski definition) is 0. The monoisotopic (exact) mass is 714 g/mol. The van der Waals surface area contributed by atoms with Gasteiger partial charge in [0.1, 0.15) is 0 Å². The van der Waals surface area contributed by atoms with Gasteiger partial charge in [-0.1, -0.05) is 149 Å². The van der Waals surface area contributed by atoms with E-state index in [2.05, 4.69) is 142 Å². The van der Waals surface area contributed by atoms with Gasteiger partial charge in [0.15, 0.2) is 0 Å². The first-order chi connectivity index (χ1) is 19.8. The summed E-state index contributed by atoms with van der Waals surface area (Å²) in [5, 5.41) is 0. The first kappa shape index (κ1) is 42.0. The predicted octanol–water partition coefficient (Wildman–Crippen LogP) is 12.3. The topological polar surface area (TPSA) is 0 Å². The fraction of sp³-hybridized carbons (Fsp3) is 0.250. The Morgan fingerprint density at radius 2 is 0.909 bits per heavy atom. The summed E-state index contributed by atoms with van der Waals surface area (Å²) in [5.41, 5.74) is 10.8. The van der Waals surface area contributed by atoms with Gasteiger partial charge >= 0.3 is 30.2 Å². The zero-order valence-corrected chi connectivity index (χ0v) is 31.7. The Balaban J connectivity index is 0.000000733. The summed E-state index contributed by atoms with van der Waals surface area (Å²) in [6.45, 7) is 7.56. The summed E-state index contributed by atoms with van der Waals surface area (Å²) in [6, 6.07) is 34.8. The van der Waals surface area contributed by atoms with E-state index in [9.17, 15) is 0 Å². The van der Waals surface area contributed by atoms with E-state index < -0.39 is 0 Å². The third-order valence-corrected chi connectivity index (χ3v) is 7.71. The summed E-state index contributed by atoms with van der Waals surface area (Å²) >= 11 is 1.36. The van der Waals surface area contributed by atoms with Gasteiger partial charge in [0.25, 0.3) is 0 Å². The number of benzene rings is 4. The van der Waals surface area contributed by atoms with Crippen molar-refractivity contribution in [3.63, 3.8) is 0 Å². The molecular formula is C40H46Cl2SiZr-4. The molecule has 232 valence electrons. The van der Waals surface area contributed by atoms with E-state index in [1.165, 1.54) is 106 Å². The normalized spacial score (nSPS) is 14.4. The van der Waals surface area contributed by atoms with Crippen molar-refractivity contribution in [2.24, 2.45) is 0 Å². The molecule has 0 spiro atoms. The summed E-state index contributed by atoms with van der Waals surface area (Å²) in [4.78, 5) is 0. The van der Waals surface area contributed by atoms with E-state index in [1.54, 1.807) is 0 Å². The van der Waals surface area contributed by atoms with Crippen LogP contribution in [0.1, 0.15) is 86.5 Å². The Morgan fingerprint density at radius 1 is 0.545 bits per heavy atom. The van der Waals surface area contributed by atoms with Crippen LogP contribution in [-0.4, -0.2) is 6.88 Å².